The molecule has 0 saturated carbocycles. The second-order valence-electron chi connectivity index (χ2n) is 5.18. The first-order valence-electron chi connectivity index (χ1n) is 6.05. The summed E-state index contributed by atoms with van der Waals surface area (Å²) in [6.07, 6.45) is 2.17. The summed E-state index contributed by atoms with van der Waals surface area (Å²) in [5.41, 5.74) is -0.947. The summed E-state index contributed by atoms with van der Waals surface area (Å²) < 4.78 is 5.07. The molecule has 1 fully saturated rings. The Kier molecular flexibility index (Phi) is 4.91. The molecule has 2 atom stereocenters. The van der Waals surface area contributed by atoms with Crippen LogP contribution in [-0.2, 0) is 9.53 Å². The molecule has 1 aliphatic heterocycles. The van der Waals surface area contributed by atoms with Crippen LogP contribution in [0.1, 0.15) is 19.8 Å². The van der Waals surface area contributed by atoms with E-state index in [1.54, 1.807) is 14.0 Å². The first kappa shape index (κ1) is 14.4. The van der Waals surface area contributed by atoms with Gasteiger partial charge in [0.15, 0.2) is 0 Å². The lowest BCUT2D eigenvalue weighted by molar-refractivity contribution is -0.155. The van der Waals surface area contributed by atoms with Gasteiger partial charge < -0.3 is 14.7 Å². The van der Waals surface area contributed by atoms with E-state index in [1.807, 2.05) is 11.9 Å². The molecule has 1 aliphatic rings. The molecule has 5 nitrogen and oxygen atoms in total. The van der Waals surface area contributed by atoms with Gasteiger partial charge in [0.25, 0.3) is 0 Å². The minimum atomic E-state index is -0.947. The number of nitrogens with zero attached hydrogens (tertiary/aromatic N) is 2. The monoisotopic (exact) mass is 244 g/mol. The van der Waals surface area contributed by atoms with Crippen molar-refractivity contribution in [1.82, 2.24) is 9.80 Å². The van der Waals surface area contributed by atoms with E-state index in [0.29, 0.717) is 0 Å². The van der Waals surface area contributed by atoms with E-state index in [9.17, 15) is 9.90 Å². The average Bonchev–Trinajstić information content (AvgIpc) is 2.28. The van der Waals surface area contributed by atoms with Gasteiger partial charge in [0.05, 0.1) is 6.61 Å². The van der Waals surface area contributed by atoms with Crippen LogP contribution in [0.4, 0.5) is 0 Å². The van der Waals surface area contributed by atoms with Crippen LogP contribution in [0.5, 0.6) is 0 Å². The summed E-state index contributed by atoms with van der Waals surface area (Å²) >= 11 is 0. The lowest BCUT2D eigenvalue weighted by atomic mass is 9.95. The lowest BCUT2D eigenvalue weighted by Gasteiger charge is -2.43. The number of carboxylic acid groups (broad SMARTS) is 1. The molecule has 0 bridgehead atoms. The minimum Gasteiger partial charge on any atom is -0.480 e. The van der Waals surface area contributed by atoms with Crippen LogP contribution in [0.3, 0.4) is 0 Å². The molecule has 0 aromatic carbocycles. The van der Waals surface area contributed by atoms with Crippen molar-refractivity contribution in [2.45, 2.75) is 31.3 Å². The number of likely N-dealkylation sites (N-methyl/N-ethyl adjacent to an activating group) is 2. The van der Waals surface area contributed by atoms with E-state index in [1.165, 1.54) is 0 Å². The second-order valence-corrected chi connectivity index (χ2v) is 5.18. The van der Waals surface area contributed by atoms with Crippen LogP contribution in [0.2, 0.25) is 0 Å². The van der Waals surface area contributed by atoms with Crippen LogP contribution in [0, 0.1) is 0 Å². The Labute approximate surface area is 103 Å². The standard InChI is InChI=1S/C12H24N2O3/c1-12(9-17-4,11(15)16)14(3)10-6-5-7-13(2)8-10/h10H,5-9H2,1-4H3,(H,15,16). The van der Waals surface area contributed by atoms with Gasteiger partial charge in [0, 0.05) is 19.7 Å². The Morgan fingerprint density at radius 2 is 2.29 bits per heavy atom. The molecular formula is C12H24N2O3. The van der Waals surface area contributed by atoms with Crippen LogP contribution >= 0.6 is 0 Å². The smallest absolute Gasteiger partial charge is 0.326 e. The number of carbonyl (C=O) groups is 1. The number of likely N-dealkylation sites (tertiary alicyclic amines) is 1. The minimum absolute atomic E-state index is 0.207. The highest BCUT2D eigenvalue weighted by atomic mass is 16.5. The van der Waals surface area contributed by atoms with E-state index < -0.39 is 11.5 Å². The predicted molar refractivity (Wildman–Crippen MR) is 66.2 cm³/mol. The number of hydrogen-bond acceptors (Lipinski definition) is 4. The van der Waals surface area contributed by atoms with E-state index in [0.717, 1.165) is 25.9 Å². The van der Waals surface area contributed by atoms with E-state index >= 15 is 0 Å². The molecule has 1 rings (SSSR count). The Morgan fingerprint density at radius 1 is 1.65 bits per heavy atom. The van der Waals surface area contributed by atoms with Crippen LogP contribution in [-0.4, -0.2) is 73.4 Å². The number of methoxy groups -OCH3 is 1. The maximum absolute atomic E-state index is 11.4. The average molecular weight is 244 g/mol. The SMILES string of the molecule is COCC(C)(C(=O)O)N(C)C1CCCN(C)C1. The van der Waals surface area contributed by atoms with E-state index in [2.05, 4.69) is 11.9 Å². The lowest BCUT2D eigenvalue weighted by Crippen LogP contribution is -2.60. The first-order chi connectivity index (χ1) is 7.91. The highest BCUT2D eigenvalue weighted by Gasteiger charge is 2.41. The molecule has 1 saturated heterocycles. The van der Waals surface area contributed by atoms with Gasteiger partial charge in [-0.2, -0.15) is 0 Å². The third kappa shape index (κ3) is 3.18. The summed E-state index contributed by atoms with van der Waals surface area (Å²) in [7, 11) is 5.51. The van der Waals surface area contributed by atoms with Crippen molar-refractivity contribution in [2.24, 2.45) is 0 Å². The molecule has 0 aliphatic carbocycles. The zero-order valence-corrected chi connectivity index (χ0v) is 11.3. The molecule has 0 spiro atoms. The number of carboxylic acids is 1. The fourth-order valence-electron chi connectivity index (χ4n) is 2.45. The number of ether oxygens (including phenoxy) is 1. The summed E-state index contributed by atoms with van der Waals surface area (Å²) in [4.78, 5) is 15.6. The number of aliphatic carboxylic acids is 1. The molecule has 1 N–H and O–H groups in total. The maximum atomic E-state index is 11.4. The van der Waals surface area contributed by atoms with Gasteiger partial charge in [-0.1, -0.05) is 0 Å². The summed E-state index contributed by atoms with van der Waals surface area (Å²) in [5, 5.41) is 9.40. The third-order valence-electron chi connectivity index (χ3n) is 3.81. The largest absolute Gasteiger partial charge is 0.480 e. The van der Waals surface area contributed by atoms with Crippen molar-refractivity contribution in [1.29, 1.82) is 0 Å². The van der Waals surface area contributed by atoms with Crippen molar-refractivity contribution in [2.75, 3.05) is 40.9 Å². The van der Waals surface area contributed by atoms with Gasteiger partial charge in [-0.05, 0) is 40.4 Å². The van der Waals surface area contributed by atoms with Crippen molar-refractivity contribution < 1.29 is 14.6 Å². The highest BCUT2D eigenvalue weighted by Crippen LogP contribution is 2.22. The molecule has 2 unspecified atom stereocenters. The molecule has 0 aromatic heterocycles. The van der Waals surface area contributed by atoms with Crippen LogP contribution in [0.25, 0.3) is 0 Å². The molecule has 0 radical (unpaired) electrons. The van der Waals surface area contributed by atoms with Gasteiger partial charge >= 0.3 is 5.97 Å². The van der Waals surface area contributed by atoms with Gasteiger partial charge in [0.2, 0.25) is 0 Å². The van der Waals surface area contributed by atoms with Gasteiger partial charge in [0.1, 0.15) is 5.54 Å². The van der Waals surface area contributed by atoms with Gasteiger partial charge in [-0.15, -0.1) is 0 Å². The van der Waals surface area contributed by atoms with Crippen LogP contribution < -0.4 is 0 Å². The van der Waals surface area contributed by atoms with Crippen molar-refractivity contribution in [3.63, 3.8) is 0 Å². The fourth-order valence-corrected chi connectivity index (χ4v) is 2.45. The predicted octanol–water partition coefficient (Wildman–Crippen LogP) is 0.502. The third-order valence-corrected chi connectivity index (χ3v) is 3.81. The molecule has 17 heavy (non-hydrogen) atoms. The number of rotatable bonds is 5. The molecule has 100 valence electrons. The Bertz CT molecular complexity index is 272. The topological polar surface area (TPSA) is 53.0 Å². The second kappa shape index (κ2) is 5.80. The summed E-state index contributed by atoms with van der Waals surface area (Å²) in [6, 6.07) is 0.282. The maximum Gasteiger partial charge on any atom is 0.326 e. The Morgan fingerprint density at radius 3 is 2.76 bits per heavy atom. The fraction of sp³-hybridized carbons (Fsp3) is 0.917. The van der Waals surface area contributed by atoms with Crippen molar-refractivity contribution in [3.05, 3.63) is 0 Å². The Balaban J connectivity index is 2.76. The quantitative estimate of drug-likeness (QED) is 0.763. The summed E-state index contributed by atoms with van der Waals surface area (Å²) in [6.45, 7) is 3.95. The number of piperidine rings is 1. The van der Waals surface area contributed by atoms with E-state index in [-0.39, 0.29) is 12.6 Å². The Hall–Kier alpha value is -0.650. The normalized spacial score (nSPS) is 25.8. The molecule has 0 amide bonds. The summed E-state index contributed by atoms with van der Waals surface area (Å²) in [5.74, 6) is -0.824. The zero-order chi connectivity index (χ0) is 13.1. The zero-order valence-electron chi connectivity index (χ0n) is 11.3. The van der Waals surface area contributed by atoms with Crippen LogP contribution in [0.15, 0.2) is 0 Å². The molecule has 1 heterocycles. The molecule has 5 heteroatoms. The van der Waals surface area contributed by atoms with Gasteiger partial charge in [-0.3, -0.25) is 9.69 Å². The van der Waals surface area contributed by atoms with E-state index in [4.69, 9.17) is 4.74 Å². The molecule has 0 aromatic rings. The van der Waals surface area contributed by atoms with Gasteiger partial charge in [-0.25, -0.2) is 0 Å². The van der Waals surface area contributed by atoms with Crippen molar-refractivity contribution >= 4 is 5.97 Å². The number of hydrogen-bond donors (Lipinski definition) is 1. The first-order valence-corrected chi connectivity index (χ1v) is 6.05. The highest BCUT2D eigenvalue weighted by molar-refractivity contribution is 5.78. The van der Waals surface area contributed by atoms with Crippen molar-refractivity contribution in [3.8, 4) is 0 Å². The molecular weight excluding hydrogens is 220 g/mol.